The third-order valence-electron chi connectivity index (χ3n) is 2.47. The first-order valence-corrected chi connectivity index (χ1v) is 5.19. The maximum Gasteiger partial charge on any atom is 0.231 e. The lowest BCUT2D eigenvalue weighted by atomic mass is 10.2. The predicted octanol–water partition coefficient (Wildman–Crippen LogP) is 0.947. The number of hydrogen-bond acceptors (Lipinski definition) is 3. The van der Waals surface area contributed by atoms with Gasteiger partial charge in [-0.05, 0) is 18.6 Å². The smallest absolute Gasteiger partial charge is 0.231 e. The molecule has 0 radical (unpaired) electrons. The third kappa shape index (κ3) is 1.76. The molecule has 5 nitrogen and oxygen atoms in total. The molecule has 0 spiro atoms. The van der Waals surface area contributed by atoms with Crippen LogP contribution >= 0.6 is 0 Å². The van der Waals surface area contributed by atoms with E-state index in [9.17, 15) is 4.79 Å². The van der Waals surface area contributed by atoms with Crippen LogP contribution in [0.3, 0.4) is 0 Å². The van der Waals surface area contributed by atoms with Crippen LogP contribution in [0, 0.1) is 0 Å². The van der Waals surface area contributed by atoms with Gasteiger partial charge in [-0.15, -0.1) is 0 Å². The quantitative estimate of drug-likeness (QED) is 0.721. The van der Waals surface area contributed by atoms with Crippen molar-refractivity contribution in [3.63, 3.8) is 0 Å². The molecule has 2 rings (SSSR count). The van der Waals surface area contributed by atoms with Gasteiger partial charge in [0.25, 0.3) is 0 Å². The van der Waals surface area contributed by atoms with Gasteiger partial charge in [0.15, 0.2) is 0 Å². The lowest BCUT2D eigenvalue weighted by Gasteiger charge is -1.96. The van der Waals surface area contributed by atoms with Crippen LogP contribution in [0.15, 0.2) is 18.3 Å². The summed E-state index contributed by atoms with van der Waals surface area (Å²) in [6, 6.07) is 3.53. The van der Waals surface area contributed by atoms with Gasteiger partial charge in [0.2, 0.25) is 5.78 Å². The number of hydrogen-bond donors (Lipinski definition) is 0. The van der Waals surface area contributed by atoms with Gasteiger partial charge in [0, 0.05) is 20.3 Å². The molecule has 0 fully saturated rings. The molecule has 2 heterocycles. The zero-order chi connectivity index (χ0) is 11.7. The van der Waals surface area contributed by atoms with Crippen LogP contribution in [0.2, 0.25) is 0 Å². The number of carbonyl (C=O) groups is 1. The molecule has 0 amide bonds. The van der Waals surface area contributed by atoms with Crippen molar-refractivity contribution in [2.45, 2.75) is 13.3 Å². The molecule has 0 unspecified atom stereocenters. The van der Waals surface area contributed by atoms with Gasteiger partial charge < -0.3 is 0 Å². The molecule has 0 N–H and O–H groups in total. The highest BCUT2D eigenvalue weighted by molar-refractivity contribution is 6.06. The summed E-state index contributed by atoms with van der Waals surface area (Å²) < 4.78 is 3.22. The van der Waals surface area contributed by atoms with Crippen LogP contribution in [-0.2, 0) is 20.5 Å². The molecule has 0 aliphatic heterocycles. The molecule has 2 aromatic rings. The van der Waals surface area contributed by atoms with E-state index in [1.807, 2.05) is 13.0 Å². The Labute approximate surface area is 93.7 Å². The first-order valence-electron chi connectivity index (χ1n) is 5.19. The summed E-state index contributed by atoms with van der Waals surface area (Å²) in [6.45, 7) is 2.01. The zero-order valence-electron chi connectivity index (χ0n) is 9.64. The van der Waals surface area contributed by atoms with E-state index in [0.717, 1.165) is 12.1 Å². The Kier molecular flexibility index (Phi) is 2.60. The lowest BCUT2D eigenvalue weighted by molar-refractivity contribution is 0.102. The Morgan fingerprint density at radius 2 is 2.12 bits per heavy atom. The third-order valence-corrected chi connectivity index (χ3v) is 2.47. The van der Waals surface area contributed by atoms with Crippen LogP contribution in [0.5, 0.6) is 0 Å². The highest BCUT2D eigenvalue weighted by Gasteiger charge is 2.16. The van der Waals surface area contributed by atoms with E-state index in [-0.39, 0.29) is 5.78 Å². The predicted molar refractivity (Wildman–Crippen MR) is 59.2 cm³/mol. The molecule has 0 aliphatic rings. The second-order valence-electron chi connectivity index (χ2n) is 3.70. The fourth-order valence-corrected chi connectivity index (χ4v) is 1.58. The highest BCUT2D eigenvalue weighted by atomic mass is 16.1. The van der Waals surface area contributed by atoms with Crippen LogP contribution in [0.25, 0.3) is 0 Å². The monoisotopic (exact) mass is 218 g/mol. The fraction of sp³-hybridized carbons (Fsp3) is 0.364. The minimum Gasteiger partial charge on any atom is -0.285 e. The summed E-state index contributed by atoms with van der Waals surface area (Å²) >= 11 is 0. The van der Waals surface area contributed by atoms with Crippen LogP contribution < -0.4 is 0 Å². The number of carbonyl (C=O) groups excluding carboxylic acids is 1. The molecule has 0 saturated heterocycles. The van der Waals surface area contributed by atoms with Crippen molar-refractivity contribution in [3.05, 3.63) is 35.4 Å². The number of ketones is 1. The van der Waals surface area contributed by atoms with Crippen molar-refractivity contribution < 1.29 is 4.79 Å². The summed E-state index contributed by atoms with van der Waals surface area (Å²) in [6.07, 6.45) is 2.58. The van der Waals surface area contributed by atoms with Crippen LogP contribution in [0.4, 0.5) is 0 Å². The largest absolute Gasteiger partial charge is 0.285 e. The number of aryl methyl sites for hydroxylation is 3. The summed E-state index contributed by atoms with van der Waals surface area (Å²) in [5.41, 5.74) is 1.95. The first kappa shape index (κ1) is 10.6. The normalized spacial score (nSPS) is 10.7. The molecule has 0 saturated carbocycles. The number of rotatable bonds is 3. The molecule has 5 heteroatoms. The van der Waals surface area contributed by atoms with Crippen LogP contribution in [0.1, 0.15) is 28.8 Å². The Bertz CT molecular complexity index is 524. The topological polar surface area (TPSA) is 52.7 Å². The lowest BCUT2D eigenvalue weighted by Crippen LogP contribution is -2.09. The zero-order valence-corrected chi connectivity index (χ0v) is 9.64. The summed E-state index contributed by atoms with van der Waals surface area (Å²) in [5.74, 6) is -0.0877. The number of nitrogens with zero attached hydrogens (tertiary/aromatic N) is 4. The van der Waals surface area contributed by atoms with E-state index in [1.54, 1.807) is 35.7 Å². The number of aromatic nitrogens is 4. The molecule has 2 aromatic heterocycles. The second kappa shape index (κ2) is 3.92. The molecular weight excluding hydrogens is 204 g/mol. The average Bonchev–Trinajstić information content (AvgIpc) is 2.83. The Hall–Kier alpha value is -1.91. The first-order chi connectivity index (χ1) is 7.61. The average molecular weight is 218 g/mol. The van der Waals surface area contributed by atoms with Crippen molar-refractivity contribution in [3.8, 4) is 0 Å². The molecule has 0 aliphatic carbocycles. The maximum absolute atomic E-state index is 12.1. The molecular formula is C11H14N4O. The minimum atomic E-state index is -0.0877. The van der Waals surface area contributed by atoms with E-state index in [0.29, 0.717) is 11.4 Å². The van der Waals surface area contributed by atoms with E-state index in [4.69, 9.17) is 0 Å². The van der Waals surface area contributed by atoms with Gasteiger partial charge >= 0.3 is 0 Å². The second-order valence-corrected chi connectivity index (χ2v) is 3.70. The van der Waals surface area contributed by atoms with E-state index >= 15 is 0 Å². The molecule has 84 valence electrons. The summed E-state index contributed by atoms with van der Waals surface area (Å²) in [7, 11) is 3.56. The van der Waals surface area contributed by atoms with Crippen molar-refractivity contribution in [1.82, 2.24) is 19.6 Å². The maximum atomic E-state index is 12.1. The fourth-order valence-electron chi connectivity index (χ4n) is 1.58. The van der Waals surface area contributed by atoms with Gasteiger partial charge in [-0.3, -0.25) is 14.2 Å². The van der Waals surface area contributed by atoms with Gasteiger partial charge in [-0.1, -0.05) is 6.92 Å². The summed E-state index contributed by atoms with van der Waals surface area (Å²) in [4.78, 5) is 12.1. The Balaban J connectivity index is 2.37. The summed E-state index contributed by atoms with van der Waals surface area (Å²) in [5, 5.41) is 8.33. The van der Waals surface area contributed by atoms with Crippen molar-refractivity contribution in [1.29, 1.82) is 0 Å². The van der Waals surface area contributed by atoms with Crippen molar-refractivity contribution in [2.24, 2.45) is 14.1 Å². The van der Waals surface area contributed by atoms with Gasteiger partial charge in [0.05, 0.1) is 5.69 Å². The van der Waals surface area contributed by atoms with E-state index < -0.39 is 0 Å². The SMILES string of the molecule is CCc1cc(C(=O)c2ccn(C)n2)n(C)n1. The molecule has 16 heavy (non-hydrogen) atoms. The van der Waals surface area contributed by atoms with Gasteiger partial charge in [0.1, 0.15) is 11.4 Å². The van der Waals surface area contributed by atoms with Crippen molar-refractivity contribution >= 4 is 5.78 Å². The van der Waals surface area contributed by atoms with Gasteiger partial charge in [-0.25, -0.2) is 0 Å². The molecule has 0 atom stereocenters. The van der Waals surface area contributed by atoms with Crippen molar-refractivity contribution in [2.75, 3.05) is 0 Å². The van der Waals surface area contributed by atoms with Crippen LogP contribution in [-0.4, -0.2) is 25.3 Å². The highest BCUT2D eigenvalue weighted by Crippen LogP contribution is 2.09. The molecule has 0 bridgehead atoms. The van der Waals surface area contributed by atoms with E-state index in [2.05, 4.69) is 10.2 Å². The van der Waals surface area contributed by atoms with Gasteiger partial charge in [-0.2, -0.15) is 10.2 Å². The Morgan fingerprint density at radius 1 is 1.38 bits per heavy atom. The molecule has 0 aromatic carbocycles. The Morgan fingerprint density at radius 3 is 2.62 bits per heavy atom. The standard InChI is InChI=1S/C11H14N4O/c1-4-8-7-10(15(3)12-8)11(16)9-5-6-14(2)13-9/h5-7H,4H2,1-3H3. The minimum absolute atomic E-state index is 0.0877. The van der Waals surface area contributed by atoms with E-state index in [1.165, 1.54) is 0 Å².